The highest BCUT2D eigenvalue weighted by Gasteiger charge is 2.11. The van der Waals surface area contributed by atoms with Crippen LogP contribution in [0.1, 0.15) is 5.56 Å². The number of halogens is 1. The topological polar surface area (TPSA) is 54.1 Å². The van der Waals surface area contributed by atoms with Crippen molar-refractivity contribution >= 4 is 38.4 Å². The quantitative estimate of drug-likeness (QED) is 0.736. The number of para-hydroxylation sites is 1. The van der Waals surface area contributed by atoms with Crippen molar-refractivity contribution < 1.29 is 9.53 Å². The number of carbonyl (C=O) groups excluding carboxylic acids is 1. The normalized spacial score (nSPS) is 10.6. The molecule has 0 aliphatic carbocycles. The zero-order valence-electron chi connectivity index (χ0n) is 12.0. The van der Waals surface area contributed by atoms with E-state index in [0.29, 0.717) is 6.42 Å². The first kappa shape index (κ1) is 14.7. The summed E-state index contributed by atoms with van der Waals surface area (Å²) in [5.74, 6) is 0.718. The number of nitrogens with one attached hydrogen (secondary N) is 2. The van der Waals surface area contributed by atoms with Crippen LogP contribution in [0.5, 0.6) is 5.75 Å². The van der Waals surface area contributed by atoms with Crippen molar-refractivity contribution in [3.8, 4) is 5.75 Å². The largest absolute Gasteiger partial charge is 0.497 e. The molecule has 1 aromatic heterocycles. The Kier molecular flexibility index (Phi) is 4.15. The van der Waals surface area contributed by atoms with Gasteiger partial charge in [0, 0.05) is 21.6 Å². The van der Waals surface area contributed by atoms with Gasteiger partial charge in [-0.1, -0.05) is 12.1 Å². The maximum Gasteiger partial charge on any atom is 0.228 e. The first-order valence-corrected chi connectivity index (χ1v) is 7.65. The molecule has 2 N–H and O–H groups in total. The Labute approximate surface area is 136 Å². The minimum Gasteiger partial charge on any atom is -0.497 e. The lowest BCUT2D eigenvalue weighted by atomic mass is 10.1. The van der Waals surface area contributed by atoms with Gasteiger partial charge in [0.1, 0.15) is 5.75 Å². The summed E-state index contributed by atoms with van der Waals surface area (Å²) < 4.78 is 6.11. The summed E-state index contributed by atoms with van der Waals surface area (Å²) in [5.41, 5.74) is 2.70. The fourth-order valence-corrected chi connectivity index (χ4v) is 2.74. The van der Waals surface area contributed by atoms with Crippen LogP contribution in [0, 0.1) is 0 Å². The standard InChI is InChI=1S/C17H15BrN2O2/c1-22-12-6-7-15-13(9-12)11(10-19-15)8-17(21)20-16-5-3-2-4-14(16)18/h2-7,9-10,19H,8H2,1H3,(H,20,21). The number of aromatic nitrogens is 1. The summed E-state index contributed by atoms with van der Waals surface area (Å²) in [6.45, 7) is 0. The Bertz CT molecular complexity index is 826. The molecule has 2 aromatic carbocycles. The molecule has 0 radical (unpaired) electrons. The maximum absolute atomic E-state index is 12.3. The molecular weight excluding hydrogens is 344 g/mol. The number of methoxy groups -OCH3 is 1. The Morgan fingerprint density at radius 3 is 2.86 bits per heavy atom. The maximum atomic E-state index is 12.3. The number of hydrogen-bond acceptors (Lipinski definition) is 2. The van der Waals surface area contributed by atoms with E-state index in [-0.39, 0.29) is 5.91 Å². The monoisotopic (exact) mass is 358 g/mol. The van der Waals surface area contributed by atoms with Crippen LogP contribution in [0.3, 0.4) is 0 Å². The lowest BCUT2D eigenvalue weighted by molar-refractivity contribution is -0.115. The second-order valence-electron chi connectivity index (χ2n) is 4.93. The van der Waals surface area contributed by atoms with E-state index in [0.717, 1.165) is 32.4 Å². The first-order chi connectivity index (χ1) is 10.7. The molecule has 0 saturated carbocycles. The van der Waals surface area contributed by atoms with Crippen molar-refractivity contribution in [1.82, 2.24) is 4.98 Å². The third-order valence-electron chi connectivity index (χ3n) is 3.47. The van der Waals surface area contributed by atoms with E-state index < -0.39 is 0 Å². The summed E-state index contributed by atoms with van der Waals surface area (Å²) in [6, 6.07) is 13.3. The minimum absolute atomic E-state index is 0.0596. The van der Waals surface area contributed by atoms with Crippen molar-refractivity contribution in [1.29, 1.82) is 0 Å². The Morgan fingerprint density at radius 1 is 1.27 bits per heavy atom. The first-order valence-electron chi connectivity index (χ1n) is 6.86. The van der Waals surface area contributed by atoms with Gasteiger partial charge in [0.15, 0.2) is 0 Å². The average molecular weight is 359 g/mol. The summed E-state index contributed by atoms with van der Waals surface area (Å²) >= 11 is 3.42. The highest BCUT2D eigenvalue weighted by molar-refractivity contribution is 9.10. The molecule has 1 heterocycles. The predicted molar refractivity (Wildman–Crippen MR) is 91.3 cm³/mol. The molecule has 5 heteroatoms. The van der Waals surface area contributed by atoms with Crippen molar-refractivity contribution in [3.63, 3.8) is 0 Å². The van der Waals surface area contributed by atoms with Crippen molar-refractivity contribution in [3.05, 3.63) is 58.7 Å². The third kappa shape index (κ3) is 2.99. The third-order valence-corrected chi connectivity index (χ3v) is 4.17. The van der Waals surface area contributed by atoms with Crippen LogP contribution < -0.4 is 10.1 Å². The highest BCUT2D eigenvalue weighted by atomic mass is 79.9. The van der Waals surface area contributed by atoms with Crippen LogP contribution in [-0.2, 0) is 11.2 Å². The summed E-state index contributed by atoms with van der Waals surface area (Å²) in [7, 11) is 1.63. The van der Waals surface area contributed by atoms with Crippen molar-refractivity contribution in [2.45, 2.75) is 6.42 Å². The molecule has 0 aliphatic heterocycles. The molecule has 0 saturated heterocycles. The Balaban J connectivity index is 1.81. The van der Waals surface area contributed by atoms with Gasteiger partial charge in [-0.3, -0.25) is 4.79 Å². The van der Waals surface area contributed by atoms with E-state index >= 15 is 0 Å². The summed E-state index contributed by atoms with van der Waals surface area (Å²) in [6.07, 6.45) is 2.16. The number of benzene rings is 2. The molecule has 3 rings (SSSR count). The molecule has 0 fully saturated rings. The van der Waals surface area contributed by atoms with E-state index in [1.807, 2.05) is 48.7 Å². The Hall–Kier alpha value is -2.27. The van der Waals surface area contributed by atoms with Gasteiger partial charge >= 0.3 is 0 Å². The van der Waals surface area contributed by atoms with E-state index in [1.54, 1.807) is 7.11 Å². The van der Waals surface area contributed by atoms with E-state index in [2.05, 4.69) is 26.2 Å². The zero-order valence-corrected chi connectivity index (χ0v) is 13.6. The molecule has 0 aliphatic rings. The number of carbonyl (C=O) groups is 1. The SMILES string of the molecule is COc1ccc2[nH]cc(CC(=O)Nc3ccccc3Br)c2c1. The van der Waals surface area contributed by atoms with E-state index in [1.165, 1.54) is 0 Å². The molecule has 0 unspecified atom stereocenters. The number of aromatic amines is 1. The number of amides is 1. The summed E-state index contributed by atoms with van der Waals surface area (Å²) in [4.78, 5) is 15.4. The molecule has 0 bridgehead atoms. The molecule has 3 aromatic rings. The second kappa shape index (κ2) is 6.23. The molecule has 0 spiro atoms. The van der Waals surface area contributed by atoms with Gasteiger partial charge in [-0.2, -0.15) is 0 Å². The number of ether oxygens (including phenoxy) is 1. The molecule has 0 atom stereocenters. The minimum atomic E-state index is -0.0596. The lowest BCUT2D eigenvalue weighted by Crippen LogP contribution is -2.14. The number of anilines is 1. The number of rotatable bonds is 4. The fraction of sp³-hybridized carbons (Fsp3) is 0.118. The predicted octanol–water partition coefficient (Wildman–Crippen LogP) is 4.12. The second-order valence-corrected chi connectivity index (χ2v) is 5.78. The van der Waals surface area contributed by atoms with Gasteiger partial charge in [0.25, 0.3) is 0 Å². The molecular formula is C17H15BrN2O2. The Morgan fingerprint density at radius 2 is 2.09 bits per heavy atom. The summed E-state index contributed by atoms with van der Waals surface area (Å²) in [5, 5.41) is 3.91. The van der Waals surface area contributed by atoms with Gasteiger partial charge < -0.3 is 15.0 Å². The fourth-order valence-electron chi connectivity index (χ4n) is 2.36. The molecule has 4 nitrogen and oxygen atoms in total. The average Bonchev–Trinajstić information content (AvgIpc) is 2.91. The molecule has 22 heavy (non-hydrogen) atoms. The molecule has 1 amide bonds. The van der Waals surface area contributed by atoms with Crippen LogP contribution in [0.25, 0.3) is 10.9 Å². The van der Waals surface area contributed by atoms with E-state index in [9.17, 15) is 4.79 Å². The van der Waals surface area contributed by atoms with Crippen LogP contribution in [0.15, 0.2) is 53.1 Å². The van der Waals surface area contributed by atoms with Crippen molar-refractivity contribution in [2.75, 3.05) is 12.4 Å². The number of hydrogen-bond donors (Lipinski definition) is 2. The van der Waals surface area contributed by atoms with Gasteiger partial charge in [-0.25, -0.2) is 0 Å². The number of H-pyrrole nitrogens is 1. The van der Waals surface area contributed by atoms with E-state index in [4.69, 9.17) is 4.74 Å². The van der Waals surface area contributed by atoms with Gasteiger partial charge in [-0.15, -0.1) is 0 Å². The van der Waals surface area contributed by atoms with Crippen LogP contribution in [0.4, 0.5) is 5.69 Å². The van der Waals surface area contributed by atoms with Crippen molar-refractivity contribution in [2.24, 2.45) is 0 Å². The van der Waals surface area contributed by atoms with Gasteiger partial charge in [0.05, 0.1) is 19.2 Å². The van der Waals surface area contributed by atoms with Gasteiger partial charge in [-0.05, 0) is 51.8 Å². The van der Waals surface area contributed by atoms with Crippen LogP contribution in [0.2, 0.25) is 0 Å². The van der Waals surface area contributed by atoms with Gasteiger partial charge in [0.2, 0.25) is 5.91 Å². The zero-order chi connectivity index (χ0) is 15.5. The number of fused-ring (bicyclic) bond motifs is 1. The highest BCUT2D eigenvalue weighted by Crippen LogP contribution is 2.25. The molecule has 112 valence electrons. The van der Waals surface area contributed by atoms with Crippen LogP contribution in [-0.4, -0.2) is 18.0 Å². The lowest BCUT2D eigenvalue weighted by Gasteiger charge is -2.07. The smallest absolute Gasteiger partial charge is 0.228 e. The van der Waals surface area contributed by atoms with Crippen LogP contribution >= 0.6 is 15.9 Å².